The van der Waals surface area contributed by atoms with Crippen LogP contribution >= 0.6 is 18.8 Å². The maximum atomic E-state index is 5.68. The number of hydrogen-bond donors (Lipinski definition) is 0. The van der Waals surface area contributed by atoms with Crippen LogP contribution in [0.15, 0.2) is 48.7 Å². The van der Waals surface area contributed by atoms with Gasteiger partial charge in [-0.05, 0) is 38.6 Å². The van der Waals surface area contributed by atoms with Gasteiger partial charge in [0.1, 0.15) is 0 Å². The molecule has 0 saturated carbocycles. The fourth-order valence-electron chi connectivity index (χ4n) is 2.01. The molecular formula is C19H21Cl2N3O2Pt2. The number of hydrogen-bond acceptors (Lipinski definition) is 4. The second-order valence-corrected chi connectivity index (χ2v) is 5.00. The third-order valence-electron chi connectivity index (χ3n) is 3.05. The van der Waals surface area contributed by atoms with E-state index < -0.39 is 0 Å². The summed E-state index contributed by atoms with van der Waals surface area (Å²) in [6.07, 6.45) is 1.69. The minimum atomic E-state index is 0.550. The number of rotatable bonds is 4. The topological polar surface area (TPSA) is 49.2 Å². The van der Waals surface area contributed by atoms with Gasteiger partial charge in [-0.25, -0.2) is 12.1 Å². The predicted octanol–water partition coefficient (Wildman–Crippen LogP) is 5.67. The van der Waals surface area contributed by atoms with Gasteiger partial charge in [0.2, 0.25) is 5.88 Å². The van der Waals surface area contributed by atoms with Crippen molar-refractivity contribution in [1.82, 2.24) is 14.8 Å². The van der Waals surface area contributed by atoms with Gasteiger partial charge in [-0.1, -0.05) is 6.07 Å². The van der Waals surface area contributed by atoms with E-state index in [2.05, 4.69) is 46.8 Å². The van der Waals surface area contributed by atoms with E-state index in [0.29, 0.717) is 18.2 Å². The van der Waals surface area contributed by atoms with E-state index >= 15 is 0 Å². The first-order valence-corrected chi connectivity index (χ1v) is 13.5. The number of pyridine rings is 1. The van der Waals surface area contributed by atoms with Crippen molar-refractivity contribution in [3.8, 4) is 17.3 Å². The van der Waals surface area contributed by atoms with Crippen molar-refractivity contribution in [1.29, 1.82) is 0 Å². The molecule has 0 aliphatic heterocycles. The van der Waals surface area contributed by atoms with E-state index in [0.717, 1.165) is 17.1 Å². The molecule has 3 rings (SSSR count). The molecule has 158 valence electrons. The monoisotopic (exact) mass is 783 g/mol. The van der Waals surface area contributed by atoms with Gasteiger partial charge in [0, 0.05) is 30.3 Å². The molecule has 0 fully saturated rings. The van der Waals surface area contributed by atoms with Crippen LogP contribution in [0.2, 0.25) is 0 Å². The van der Waals surface area contributed by atoms with Gasteiger partial charge < -0.3 is 9.47 Å². The first-order chi connectivity index (χ1) is 13.6. The first-order valence-electron chi connectivity index (χ1n) is 7.89. The summed E-state index contributed by atoms with van der Waals surface area (Å²) >= 11 is 3.22. The Morgan fingerprint density at radius 2 is 1.79 bits per heavy atom. The number of aryl methyl sites for hydroxylation is 2. The molecule has 2 heterocycles. The van der Waals surface area contributed by atoms with Gasteiger partial charge in [0.15, 0.2) is 0 Å². The molecule has 0 spiro atoms. The molecule has 3 aromatic rings. The van der Waals surface area contributed by atoms with E-state index in [1.54, 1.807) is 43.7 Å². The quantitative estimate of drug-likeness (QED) is 0.321. The van der Waals surface area contributed by atoms with Crippen LogP contribution < -0.4 is 4.74 Å². The summed E-state index contributed by atoms with van der Waals surface area (Å²) in [5.74, 6) is 1.17. The Kier molecular flexibility index (Phi) is 16.7. The molecule has 0 aliphatic rings. The van der Waals surface area contributed by atoms with Crippen molar-refractivity contribution in [2.75, 3.05) is 6.61 Å². The SMILES string of the molecule is Cc1cc(C)n(-c2[c-]c(Oc3ccccn3)ccc2)n1.[CH2-]OCC.[Cl][Pt+].[Cl][Pt+]. The summed E-state index contributed by atoms with van der Waals surface area (Å²) in [5, 5.41) is 4.44. The molecule has 0 radical (unpaired) electrons. The minimum absolute atomic E-state index is 0.550. The van der Waals surface area contributed by atoms with Crippen LogP contribution in [0.3, 0.4) is 0 Å². The van der Waals surface area contributed by atoms with Crippen LogP contribution in [0.5, 0.6) is 11.6 Å². The summed E-state index contributed by atoms with van der Waals surface area (Å²) in [7, 11) is 12.3. The molecule has 0 saturated heterocycles. The summed E-state index contributed by atoms with van der Waals surface area (Å²) in [6, 6.07) is 16.5. The van der Waals surface area contributed by atoms with Crippen molar-refractivity contribution in [3.05, 3.63) is 73.2 Å². The van der Waals surface area contributed by atoms with Gasteiger partial charge in [0.05, 0.1) is 5.69 Å². The average molecular weight is 784 g/mol. The van der Waals surface area contributed by atoms with E-state index in [1.807, 2.05) is 67.9 Å². The Morgan fingerprint density at radius 1 is 1.11 bits per heavy atom. The van der Waals surface area contributed by atoms with Crippen molar-refractivity contribution < 1.29 is 47.0 Å². The van der Waals surface area contributed by atoms with Crippen LogP contribution in [0.25, 0.3) is 5.69 Å². The van der Waals surface area contributed by atoms with E-state index in [-0.39, 0.29) is 0 Å². The zero-order valence-corrected chi connectivity index (χ0v) is 21.6. The molecule has 1 aromatic carbocycles. The second-order valence-electron chi connectivity index (χ2n) is 5.00. The van der Waals surface area contributed by atoms with E-state index in [9.17, 15) is 0 Å². The summed E-state index contributed by atoms with van der Waals surface area (Å²) in [4.78, 5) is 4.13. The molecule has 5 nitrogen and oxygen atoms in total. The zero-order valence-electron chi connectivity index (χ0n) is 15.6. The van der Waals surface area contributed by atoms with Crippen molar-refractivity contribution in [2.24, 2.45) is 0 Å². The fourth-order valence-corrected chi connectivity index (χ4v) is 2.01. The van der Waals surface area contributed by atoms with E-state index in [1.165, 1.54) is 0 Å². The van der Waals surface area contributed by atoms with Gasteiger partial charge in [-0.3, -0.25) is 4.68 Å². The molecular weight excluding hydrogens is 763 g/mol. The van der Waals surface area contributed by atoms with Crippen molar-refractivity contribution >= 4 is 18.8 Å². The van der Waals surface area contributed by atoms with Crippen LogP contribution in [-0.4, -0.2) is 21.4 Å². The Labute approximate surface area is 197 Å². The number of aromatic nitrogens is 3. The number of ether oxygens (including phenoxy) is 2. The summed E-state index contributed by atoms with van der Waals surface area (Å²) in [6.45, 7) is 6.59. The standard InChI is InChI=1S/C16H14N3O.C3H7O.2ClH.2Pt/c1-12-10-13(2)19(18-12)14-6-5-7-15(11-14)20-16-8-3-4-9-17-16;1-3-4-2;;;;/h3-10H,1-2H3;2-3H2,1H3;2*1H;;/q2*-1;;;2*+2/p-2. The van der Waals surface area contributed by atoms with Gasteiger partial charge in [0.25, 0.3) is 0 Å². The molecule has 9 heteroatoms. The third-order valence-corrected chi connectivity index (χ3v) is 3.05. The number of nitrogens with zero attached hydrogens (tertiary/aromatic N) is 3. The Balaban J connectivity index is 0.000000797. The Morgan fingerprint density at radius 3 is 2.29 bits per heavy atom. The number of halogens is 2. The summed E-state index contributed by atoms with van der Waals surface area (Å²) < 4.78 is 11.8. The molecule has 0 bridgehead atoms. The fraction of sp³-hybridized carbons (Fsp3) is 0.211. The van der Waals surface area contributed by atoms with Crippen molar-refractivity contribution in [3.63, 3.8) is 0 Å². The van der Waals surface area contributed by atoms with Gasteiger partial charge in [-0.15, -0.1) is 18.2 Å². The summed E-state index contributed by atoms with van der Waals surface area (Å²) in [5.41, 5.74) is 2.89. The number of benzene rings is 1. The molecule has 0 N–H and O–H groups in total. The molecule has 0 amide bonds. The Hall–Kier alpha value is -0.703. The molecule has 0 aliphatic carbocycles. The molecule has 2 aromatic heterocycles. The van der Waals surface area contributed by atoms with Crippen LogP contribution in [0.1, 0.15) is 18.3 Å². The zero-order chi connectivity index (χ0) is 21.4. The van der Waals surface area contributed by atoms with Crippen LogP contribution in [0.4, 0.5) is 0 Å². The van der Waals surface area contributed by atoms with Crippen LogP contribution in [-0.2, 0) is 42.3 Å². The van der Waals surface area contributed by atoms with Gasteiger partial charge >= 0.3 is 56.4 Å². The second kappa shape index (κ2) is 17.2. The normalized spacial score (nSPS) is 9.07. The maximum absolute atomic E-state index is 5.68. The molecule has 28 heavy (non-hydrogen) atoms. The first kappa shape index (κ1) is 27.3. The predicted molar refractivity (Wildman–Crippen MR) is 105 cm³/mol. The van der Waals surface area contributed by atoms with E-state index in [4.69, 9.17) is 4.74 Å². The molecule has 0 unspecified atom stereocenters. The van der Waals surface area contributed by atoms with Crippen LogP contribution in [0, 0.1) is 27.0 Å². The van der Waals surface area contributed by atoms with Crippen molar-refractivity contribution in [2.45, 2.75) is 20.8 Å². The Bertz CT molecular complexity index is 773. The molecule has 0 atom stereocenters. The van der Waals surface area contributed by atoms with Gasteiger partial charge in [-0.2, -0.15) is 11.2 Å². The third kappa shape index (κ3) is 10.2. The average Bonchev–Trinajstić information content (AvgIpc) is 3.10.